The third-order valence-corrected chi connectivity index (χ3v) is 4.38. The van der Waals surface area contributed by atoms with E-state index in [0.29, 0.717) is 11.9 Å². The van der Waals surface area contributed by atoms with Crippen LogP contribution in [0.3, 0.4) is 0 Å². The fourth-order valence-electron chi connectivity index (χ4n) is 2.46. The Kier molecular flexibility index (Phi) is 3.36. The highest BCUT2D eigenvalue weighted by Gasteiger charge is 2.16. The van der Waals surface area contributed by atoms with Gasteiger partial charge in [0.25, 0.3) is 0 Å². The molecule has 4 heteroatoms. The van der Waals surface area contributed by atoms with Gasteiger partial charge in [0, 0.05) is 11.7 Å². The highest BCUT2D eigenvalue weighted by atomic mass is 32.1. The molecule has 0 spiro atoms. The maximum Gasteiger partial charge on any atom is 0.140 e. The summed E-state index contributed by atoms with van der Waals surface area (Å²) in [6.45, 7) is 3.23. The van der Waals surface area contributed by atoms with Gasteiger partial charge in [-0.15, -0.1) is 11.3 Å². The largest absolute Gasteiger partial charge is 0.340 e. The Hall–Kier alpha value is -1.65. The molecule has 3 nitrogen and oxygen atoms in total. The van der Waals surface area contributed by atoms with Crippen molar-refractivity contribution < 1.29 is 0 Å². The number of benzene rings is 1. The molecule has 0 amide bonds. The molecule has 0 radical (unpaired) electrons. The van der Waals surface area contributed by atoms with Gasteiger partial charge in [-0.1, -0.05) is 12.1 Å². The van der Waals surface area contributed by atoms with Crippen LogP contribution in [0.2, 0.25) is 0 Å². The summed E-state index contributed by atoms with van der Waals surface area (Å²) in [6, 6.07) is 10.7. The van der Waals surface area contributed by atoms with Crippen molar-refractivity contribution in [3.05, 3.63) is 51.7 Å². The van der Waals surface area contributed by atoms with Gasteiger partial charge in [-0.05, 0) is 54.6 Å². The van der Waals surface area contributed by atoms with E-state index in [0.717, 1.165) is 23.5 Å². The lowest BCUT2D eigenvalue weighted by Crippen LogP contribution is -2.27. The van der Waals surface area contributed by atoms with Gasteiger partial charge in [-0.25, -0.2) is 0 Å². The standard InChI is InChI=1S/C15H17N3S/c1-10-13-9-12(5-4-11(13)6-7-17-10)18-15(16)14-3-2-8-19-14/h2-5,8-10,17H,6-7H2,1H3,(H2,16,18). The molecule has 1 aromatic heterocycles. The molecule has 1 aliphatic rings. The van der Waals surface area contributed by atoms with E-state index in [1.807, 2.05) is 17.5 Å². The number of fused-ring (bicyclic) bond motifs is 1. The highest BCUT2D eigenvalue weighted by molar-refractivity contribution is 7.12. The molecule has 0 saturated heterocycles. The Morgan fingerprint density at radius 1 is 1.42 bits per heavy atom. The molecule has 19 heavy (non-hydrogen) atoms. The van der Waals surface area contributed by atoms with E-state index in [1.54, 1.807) is 11.3 Å². The first-order valence-corrected chi connectivity index (χ1v) is 7.37. The third kappa shape index (κ3) is 2.55. The quantitative estimate of drug-likeness (QED) is 0.579. The molecule has 98 valence electrons. The molecular formula is C15H17N3S. The van der Waals surface area contributed by atoms with Crippen LogP contribution in [0.15, 0.2) is 35.7 Å². The molecule has 2 heterocycles. The third-order valence-electron chi connectivity index (χ3n) is 3.49. The van der Waals surface area contributed by atoms with Crippen molar-refractivity contribution in [2.45, 2.75) is 19.4 Å². The van der Waals surface area contributed by atoms with Crippen LogP contribution in [0.4, 0.5) is 5.69 Å². The number of rotatable bonds is 2. The van der Waals surface area contributed by atoms with Crippen molar-refractivity contribution in [2.24, 2.45) is 0 Å². The van der Waals surface area contributed by atoms with Crippen LogP contribution in [-0.2, 0) is 6.42 Å². The summed E-state index contributed by atoms with van der Waals surface area (Å²) < 4.78 is 0. The molecule has 1 aromatic carbocycles. The maximum atomic E-state index is 8.06. The molecule has 1 aliphatic heterocycles. The zero-order valence-corrected chi connectivity index (χ0v) is 11.7. The number of amidine groups is 1. The zero-order chi connectivity index (χ0) is 13.2. The van der Waals surface area contributed by atoms with Gasteiger partial charge in [-0.2, -0.15) is 0 Å². The van der Waals surface area contributed by atoms with Crippen molar-refractivity contribution in [3.8, 4) is 0 Å². The Bertz CT molecular complexity index is 589. The number of anilines is 1. The Labute approximate surface area is 117 Å². The van der Waals surface area contributed by atoms with E-state index >= 15 is 0 Å². The Balaban J connectivity index is 1.82. The topological polar surface area (TPSA) is 47.9 Å². The van der Waals surface area contributed by atoms with E-state index < -0.39 is 0 Å². The van der Waals surface area contributed by atoms with Gasteiger partial charge in [0.15, 0.2) is 0 Å². The average molecular weight is 271 g/mol. The van der Waals surface area contributed by atoms with Crippen LogP contribution in [-0.4, -0.2) is 12.4 Å². The Morgan fingerprint density at radius 3 is 3.11 bits per heavy atom. The first kappa shape index (κ1) is 12.4. The second-order valence-electron chi connectivity index (χ2n) is 4.82. The van der Waals surface area contributed by atoms with Gasteiger partial charge in [0.1, 0.15) is 5.84 Å². The van der Waals surface area contributed by atoms with Crippen LogP contribution in [0, 0.1) is 5.41 Å². The lowest BCUT2D eigenvalue weighted by molar-refractivity contribution is 0.541. The highest BCUT2D eigenvalue weighted by Crippen LogP contribution is 2.26. The predicted octanol–water partition coefficient (Wildman–Crippen LogP) is 3.39. The van der Waals surface area contributed by atoms with Gasteiger partial charge in [0.05, 0.1) is 4.88 Å². The van der Waals surface area contributed by atoms with Crippen molar-refractivity contribution in [1.82, 2.24) is 5.32 Å². The SMILES string of the molecule is CC1NCCc2ccc(NC(=N)c3cccs3)cc21. The molecular weight excluding hydrogens is 254 g/mol. The summed E-state index contributed by atoms with van der Waals surface area (Å²) in [5, 5.41) is 16.7. The van der Waals surface area contributed by atoms with Crippen molar-refractivity contribution in [1.29, 1.82) is 5.41 Å². The number of nitrogens with one attached hydrogen (secondary N) is 3. The Morgan fingerprint density at radius 2 is 2.32 bits per heavy atom. The van der Waals surface area contributed by atoms with Crippen molar-refractivity contribution in [3.63, 3.8) is 0 Å². The first-order chi connectivity index (χ1) is 9.24. The molecule has 0 saturated carbocycles. The summed E-state index contributed by atoms with van der Waals surface area (Å²) in [6.07, 6.45) is 1.09. The fourth-order valence-corrected chi connectivity index (χ4v) is 3.09. The monoisotopic (exact) mass is 271 g/mol. The second kappa shape index (κ2) is 5.15. The molecule has 2 aromatic rings. The van der Waals surface area contributed by atoms with Gasteiger partial charge >= 0.3 is 0 Å². The van der Waals surface area contributed by atoms with E-state index in [4.69, 9.17) is 5.41 Å². The fraction of sp³-hybridized carbons (Fsp3) is 0.267. The molecule has 3 N–H and O–H groups in total. The predicted molar refractivity (Wildman–Crippen MR) is 81.3 cm³/mol. The molecule has 0 fully saturated rings. The summed E-state index contributed by atoms with van der Waals surface area (Å²) in [4.78, 5) is 0.962. The summed E-state index contributed by atoms with van der Waals surface area (Å²) in [7, 11) is 0. The second-order valence-corrected chi connectivity index (χ2v) is 5.76. The van der Waals surface area contributed by atoms with Crippen LogP contribution in [0.5, 0.6) is 0 Å². The molecule has 1 unspecified atom stereocenters. The molecule has 3 rings (SSSR count). The minimum Gasteiger partial charge on any atom is -0.340 e. The normalized spacial score (nSPS) is 17.8. The first-order valence-electron chi connectivity index (χ1n) is 6.50. The van der Waals surface area contributed by atoms with Gasteiger partial charge in [-0.3, -0.25) is 5.41 Å². The lowest BCUT2D eigenvalue weighted by Gasteiger charge is -2.24. The smallest absolute Gasteiger partial charge is 0.140 e. The van der Waals surface area contributed by atoms with Gasteiger partial charge in [0.2, 0.25) is 0 Å². The van der Waals surface area contributed by atoms with Crippen LogP contribution in [0.1, 0.15) is 29.0 Å². The minimum absolute atomic E-state index is 0.390. The molecule has 1 atom stereocenters. The minimum atomic E-state index is 0.390. The van der Waals surface area contributed by atoms with E-state index in [2.05, 4.69) is 35.8 Å². The molecule has 0 aliphatic carbocycles. The average Bonchev–Trinajstić information content (AvgIpc) is 2.94. The maximum absolute atomic E-state index is 8.06. The van der Waals surface area contributed by atoms with E-state index in [-0.39, 0.29) is 0 Å². The van der Waals surface area contributed by atoms with Crippen molar-refractivity contribution in [2.75, 3.05) is 11.9 Å². The van der Waals surface area contributed by atoms with Crippen LogP contribution >= 0.6 is 11.3 Å². The van der Waals surface area contributed by atoms with Crippen LogP contribution in [0.25, 0.3) is 0 Å². The lowest BCUT2D eigenvalue weighted by atomic mass is 9.95. The van der Waals surface area contributed by atoms with Crippen LogP contribution < -0.4 is 10.6 Å². The number of hydrogen-bond acceptors (Lipinski definition) is 3. The number of hydrogen-bond donors (Lipinski definition) is 3. The van der Waals surface area contributed by atoms with E-state index in [1.165, 1.54) is 11.1 Å². The summed E-state index contributed by atoms with van der Waals surface area (Å²) >= 11 is 1.58. The number of thiophene rings is 1. The van der Waals surface area contributed by atoms with E-state index in [9.17, 15) is 0 Å². The van der Waals surface area contributed by atoms with Crippen molar-refractivity contribution >= 4 is 22.9 Å². The summed E-state index contributed by atoms with van der Waals surface area (Å²) in [5.41, 5.74) is 3.75. The zero-order valence-electron chi connectivity index (χ0n) is 10.9. The summed E-state index contributed by atoms with van der Waals surface area (Å²) in [5.74, 6) is 0.464. The molecule has 0 bridgehead atoms. The van der Waals surface area contributed by atoms with Gasteiger partial charge < -0.3 is 10.6 Å².